The van der Waals surface area contributed by atoms with Crippen LogP contribution >= 0.6 is 23.4 Å². The molecule has 0 saturated heterocycles. The first-order valence-electron chi connectivity index (χ1n) is 7.15. The Hall–Kier alpha value is -2.05. The van der Waals surface area contributed by atoms with Gasteiger partial charge in [-0.05, 0) is 43.3 Å². The van der Waals surface area contributed by atoms with Gasteiger partial charge in [0, 0.05) is 23.2 Å². The lowest BCUT2D eigenvalue weighted by atomic mass is 10.3. The molecule has 0 aromatic heterocycles. The first-order valence-corrected chi connectivity index (χ1v) is 8.41. The van der Waals surface area contributed by atoms with Crippen LogP contribution in [0.15, 0.2) is 47.4 Å². The van der Waals surface area contributed by atoms with E-state index in [0.717, 1.165) is 4.90 Å². The summed E-state index contributed by atoms with van der Waals surface area (Å²) in [7, 11) is 0. The number of hydrogen-bond acceptors (Lipinski definition) is 3. The van der Waals surface area contributed by atoms with Gasteiger partial charge in [0.1, 0.15) is 5.82 Å². The van der Waals surface area contributed by atoms with E-state index in [4.69, 9.17) is 11.6 Å². The van der Waals surface area contributed by atoms with Gasteiger partial charge in [-0.1, -0.05) is 17.7 Å². The molecular formula is C17H16ClFN2O2S. The minimum Gasteiger partial charge on any atom is -0.326 e. The monoisotopic (exact) mass is 366 g/mol. The Morgan fingerprint density at radius 2 is 1.83 bits per heavy atom. The number of hydrogen-bond donors (Lipinski definition) is 2. The van der Waals surface area contributed by atoms with Crippen molar-refractivity contribution in [3.8, 4) is 0 Å². The van der Waals surface area contributed by atoms with Crippen molar-refractivity contribution in [3.63, 3.8) is 0 Å². The Labute approximate surface area is 148 Å². The van der Waals surface area contributed by atoms with Gasteiger partial charge in [-0.15, -0.1) is 11.8 Å². The molecule has 0 heterocycles. The topological polar surface area (TPSA) is 58.2 Å². The van der Waals surface area contributed by atoms with E-state index < -0.39 is 5.82 Å². The lowest BCUT2D eigenvalue weighted by Gasteiger charge is -2.13. The predicted molar refractivity (Wildman–Crippen MR) is 96.1 cm³/mol. The summed E-state index contributed by atoms with van der Waals surface area (Å²) >= 11 is 7.05. The fourth-order valence-corrected chi connectivity index (χ4v) is 3.03. The van der Waals surface area contributed by atoms with Crippen LogP contribution in [0.3, 0.4) is 0 Å². The lowest BCUT2D eigenvalue weighted by molar-refractivity contribution is -0.115. The van der Waals surface area contributed by atoms with Crippen LogP contribution in [-0.4, -0.2) is 17.1 Å². The lowest BCUT2D eigenvalue weighted by Crippen LogP contribution is -2.22. The van der Waals surface area contributed by atoms with Crippen LogP contribution in [0.1, 0.15) is 13.8 Å². The number of amides is 2. The Kier molecular flexibility index (Phi) is 6.23. The second kappa shape index (κ2) is 8.17. The summed E-state index contributed by atoms with van der Waals surface area (Å²) in [6.07, 6.45) is 0. The van der Waals surface area contributed by atoms with Crippen LogP contribution in [-0.2, 0) is 9.59 Å². The third-order valence-corrected chi connectivity index (χ3v) is 4.41. The molecule has 2 N–H and O–H groups in total. The smallest absolute Gasteiger partial charge is 0.237 e. The molecule has 24 heavy (non-hydrogen) atoms. The molecule has 2 aromatic carbocycles. The van der Waals surface area contributed by atoms with Crippen molar-refractivity contribution in [2.75, 3.05) is 10.6 Å². The third kappa shape index (κ3) is 5.25. The SMILES string of the molecule is CC(=O)Nc1cccc(SC(C)C(=O)Nc2ccc(F)c(Cl)c2)c1. The normalized spacial score (nSPS) is 11.7. The van der Waals surface area contributed by atoms with Crippen molar-refractivity contribution < 1.29 is 14.0 Å². The molecule has 0 saturated carbocycles. The molecule has 0 fully saturated rings. The van der Waals surface area contributed by atoms with Crippen molar-refractivity contribution >= 4 is 46.6 Å². The van der Waals surface area contributed by atoms with Crippen LogP contribution in [0.2, 0.25) is 5.02 Å². The highest BCUT2D eigenvalue weighted by molar-refractivity contribution is 8.00. The highest BCUT2D eigenvalue weighted by atomic mass is 35.5. The summed E-state index contributed by atoms with van der Waals surface area (Å²) in [4.78, 5) is 24.2. The van der Waals surface area contributed by atoms with Gasteiger partial charge < -0.3 is 10.6 Å². The summed E-state index contributed by atoms with van der Waals surface area (Å²) in [6.45, 7) is 3.19. The summed E-state index contributed by atoms with van der Waals surface area (Å²) in [5.74, 6) is -0.921. The highest BCUT2D eigenvalue weighted by Crippen LogP contribution is 2.27. The van der Waals surface area contributed by atoms with Crippen LogP contribution in [0, 0.1) is 5.82 Å². The number of carbonyl (C=O) groups is 2. The summed E-state index contributed by atoms with van der Waals surface area (Å²) in [5.41, 5.74) is 1.11. The number of nitrogens with one attached hydrogen (secondary N) is 2. The standard InChI is InChI=1S/C17H16ClFN2O2S/c1-10(17(23)21-13-6-7-16(19)15(18)9-13)24-14-5-3-4-12(8-14)20-11(2)22/h3-10H,1-2H3,(H,20,22)(H,21,23). The van der Waals surface area contributed by atoms with Crippen LogP contribution < -0.4 is 10.6 Å². The first kappa shape index (κ1) is 18.3. The van der Waals surface area contributed by atoms with Crippen molar-refractivity contribution in [1.82, 2.24) is 0 Å². The molecule has 0 radical (unpaired) electrons. The molecule has 1 atom stereocenters. The van der Waals surface area contributed by atoms with Gasteiger partial charge in [0.05, 0.1) is 10.3 Å². The van der Waals surface area contributed by atoms with Crippen molar-refractivity contribution in [3.05, 3.63) is 53.3 Å². The van der Waals surface area contributed by atoms with Crippen LogP contribution in [0.5, 0.6) is 0 Å². The van der Waals surface area contributed by atoms with Gasteiger partial charge in [-0.25, -0.2) is 4.39 Å². The minimum atomic E-state index is -0.535. The van der Waals surface area contributed by atoms with E-state index in [-0.39, 0.29) is 22.1 Å². The average Bonchev–Trinajstić information content (AvgIpc) is 2.50. The number of thioether (sulfide) groups is 1. The Bertz CT molecular complexity index is 770. The molecule has 126 valence electrons. The zero-order valence-corrected chi connectivity index (χ0v) is 14.7. The molecule has 2 aromatic rings. The zero-order chi connectivity index (χ0) is 17.7. The van der Waals surface area contributed by atoms with Crippen molar-refractivity contribution in [2.24, 2.45) is 0 Å². The third-order valence-electron chi connectivity index (χ3n) is 3.02. The van der Waals surface area contributed by atoms with E-state index >= 15 is 0 Å². The van der Waals surface area contributed by atoms with E-state index in [1.54, 1.807) is 25.1 Å². The molecule has 1 unspecified atom stereocenters. The van der Waals surface area contributed by atoms with Crippen LogP contribution in [0.25, 0.3) is 0 Å². The van der Waals surface area contributed by atoms with Gasteiger partial charge in [0.15, 0.2) is 0 Å². The zero-order valence-electron chi connectivity index (χ0n) is 13.1. The van der Waals surface area contributed by atoms with Gasteiger partial charge in [0.25, 0.3) is 0 Å². The number of carbonyl (C=O) groups excluding carboxylic acids is 2. The molecule has 0 aliphatic heterocycles. The fourth-order valence-electron chi connectivity index (χ4n) is 1.93. The second-order valence-electron chi connectivity index (χ2n) is 5.09. The van der Waals surface area contributed by atoms with E-state index in [9.17, 15) is 14.0 Å². The van der Waals surface area contributed by atoms with Crippen molar-refractivity contribution in [1.29, 1.82) is 0 Å². The first-order chi connectivity index (χ1) is 11.3. The molecule has 2 rings (SSSR count). The second-order valence-corrected chi connectivity index (χ2v) is 6.91. The Morgan fingerprint density at radius 1 is 1.12 bits per heavy atom. The van der Waals surface area contributed by atoms with E-state index in [1.165, 1.54) is 36.9 Å². The summed E-state index contributed by atoms with van der Waals surface area (Å²) < 4.78 is 13.1. The van der Waals surface area contributed by atoms with Crippen LogP contribution in [0.4, 0.5) is 15.8 Å². The van der Waals surface area contributed by atoms with E-state index in [1.807, 2.05) is 6.07 Å². The average molecular weight is 367 g/mol. The predicted octanol–water partition coefficient (Wildman–Crippen LogP) is 4.56. The number of halogens is 2. The van der Waals surface area contributed by atoms with Gasteiger partial charge in [-0.3, -0.25) is 9.59 Å². The molecule has 7 heteroatoms. The van der Waals surface area contributed by atoms with Gasteiger partial charge in [0.2, 0.25) is 11.8 Å². The summed E-state index contributed by atoms with van der Waals surface area (Å²) in [6, 6.07) is 11.2. The largest absolute Gasteiger partial charge is 0.326 e. The maximum Gasteiger partial charge on any atom is 0.237 e. The van der Waals surface area contributed by atoms with E-state index in [2.05, 4.69) is 10.6 Å². The van der Waals surface area contributed by atoms with Gasteiger partial charge >= 0.3 is 0 Å². The molecule has 2 amide bonds. The minimum absolute atomic E-state index is 0.0453. The number of benzene rings is 2. The molecule has 0 spiro atoms. The number of anilines is 2. The maximum absolute atomic E-state index is 13.1. The van der Waals surface area contributed by atoms with E-state index in [0.29, 0.717) is 11.4 Å². The Balaban J connectivity index is 2.00. The highest BCUT2D eigenvalue weighted by Gasteiger charge is 2.15. The molecule has 0 aliphatic carbocycles. The molecule has 0 bridgehead atoms. The molecule has 0 aliphatic rings. The maximum atomic E-state index is 13.1. The quantitative estimate of drug-likeness (QED) is 0.763. The summed E-state index contributed by atoms with van der Waals surface area (Å²) in [5, 5.41) is 4.96. The molecule has 4 nitrogen and oxygen atoms in total. The van der Waals surface area contributed by atoms with Gasteiger partial charge in [-0.2, -0.15) is 0 Å². The number of rotatable bonds is 5. The molecular weight excluding hydrogens is 351 g/mol. The fraction of sp³-hybridized carbons (Fsp3) is 0.176. The Morgan fingerprint density at radius 3 is 2.50 bits per heavy atom. The van der Waals surface area contributed by atoms with Crippen molar-refractivity contribution in [2.45, 2.75) is 24.0 Å².